The molecule has 0 radical (unpaired) electrons. The first-order chi connectivity index (χ1) is 8.90. The predicted molar refractivity (Wildman–Crippen MR) is 82.7 cm³/mol. The van der Waals surface area contributed by atoms with E-state index in [4.69, 9.17) is 9.47 Å². The van der Waals surface area contributed by atoms with Gasteiger partial charge in [-0.25, -0.2) is 0 Å². The quantitative estimate of drug-likeness (QED) is 0.739. The van der Waals surface area contributed by atoms with E-state index in [0.717, 1.165) is 23.4 Å². The SMILES string of the molecule is COc1ccc(OCC2(CBr)CC2)c(C(C)(C)C)c1. The first kappa shape index (κ1) is 14.7. The molecule has 1 aliphatic carbocycles. The topological polar surface area (TPSA) is 18.5 Å². The molecule has 1 fully saturated rings. The highest BCUT2D eigenvalue weighted by molar-refractivity contribution is 9.09. The molecule has 0 N–H and O–H groups in total. The van der Waals surface area contributed by atoms with Crippen LogP contribution < -0.4 is 9.47 Å². The summed E-state index contributed by atoms with van der Waals surface area (Å²) < 4.78 is 11.4. The van der Waals surface area contributed by atoms with Gasteiger partial charge in [0, 0.05) is 16.3 Å². The molecule has 3 heteroatoms. The summed E-state index contributed by atoms with van der Waals surface area (Å²) in [5.74, 6) is 1.87. The van der Waals surface area contributed by atoms with Crippen LogP contribution in [0.4, 0.5) is 0 Å². The summed E-state index contributed by atoms with van der Waals surface area (Å²) in [7, 11) is 1.70. The molecular weight excluding hydrogens is 304 g/mol. The molecule has 1 aromatic carbocycles. The monoisotopic (exact) mass is 326 g/mol. The Balaban J connectivity index is 2.19. The fourth-order valence-electron chi connectivity index (χ4n) is 2.07. The number of ether oxygens (including phenoxy) is 2. The van der Waals surface area contributed by atoms with E-state index in [2.05, 4.69) is 42.8 Å². The molecule has 0 atom stereocenters. The van der Waals surface area contributed by atoms with E-state index in [1.165, 1.54) is 18.4 Å². The zero-order valence-corrected chi connectivity index (χ0v) is 13.8. The molecule has 106 valence electrons. The predicted octanol–water partition coefficient (Wildman–Crippen LogP) is 4.55. The molecule has 19 heavy (non-hydrogen) atoms. The molecule has 0 heterocycles. The van der Waals surface area contributed by atoms with Gasteiger partial charge in [-0.05, 0) is 36.5 Å². The Morgan fingerprint density at radius 3 is 2.42 bits per heavy atom. The Labute approximate surface area is 124 Å². The second kappa shape index (κ2) is 5.35. The van der Waals surface area contributed by atoms with Crippen LogP contribution in [0.1, 0.15) is 39.2 Å². The Hall–Kier alpha value is -0.700. The van der Waals surface area contributed by atoms with Crippen LogP contribution in [-0.2, 0) is 5.41 Å². The smallest absolute Gasteiger partial charge is 0.123 e. The highest BCUT2D eigenvalue weighted by atomic mass is 79.9. The molecule has 0 spiro atoms. The molecule has 1 aliphatic rings. The van der Waals surface area contributed by atoms with Crippen LogP contribution in [0.3, 0.4) is 0 Å². The lowest BCUT2D eigenvalue weighted by molar-refractivity contribution is 0.245. The molecule has 0 bridgehead atoms. The van der Waals surface area contributed by atoms with Gasteiger partial charge in [0.05, 0.1) is 13.7 Å². The average molecular weight is 327 g/mol. The van der Waals surface area contributed by atoms with Crippen LogP contribution in [0.5, 0.6) is 11.5 Å². The maximum Gasteiger partial charge on any atom is 0.123 e. The Morgan fingerprint density at radius 2 is 1.95 bits per heavy atom. The molecule has 1 saturated carbocycles. The summed E-state index contributed by atoms with van der Waals surface area (Å²) in [6, 6.07) is 6.09. The van der Waals surface area contributed by atoms with Crippen LogP contribution in [-0.4, -0.2) is 19.0 Å². The van der Waals surface area contributed by atoms with Crippen molar-refractivity contribution in [2.24, 2.45) is 5.41 Å². The number of rotatable bonds is 5. The van der Waals surface area contributed by atoms with Gasteiger partial charge in [-0.3, -0.25) is 0 Å². The van der Waals surface area contributed by atoms with Gasteiger partial charge in [0.1, 0.15) is 11.5 Å². The highest BCUT2D eigenvalue weighted by Gasteiger charge is 2.42. The van der Waals surface area contributed by atoms with Crippen molar-refractivity contribution < 1.29 is 9.47 Å². The highest BCUT2D eigenvalue weighted by Crippen LogP contribution is 2.47. The summed E-state index contributed by atoms with van der Waals surface area (Å²) in [6.45, 7) is 7.40. The second-order valence-electron chi connectivity index (χ2n) is 6.53. The minimum Gasteiger partial charge on any atom is -0.497 e. The normalized spacial score (nSPS) is 17.1. The fraction of sp³-hybridized carbons (Fsp3) is 0.625. The zero-order valence-electron chi connectivity index (χ0n) is 12.3. The van der Waals surface area contributed by atoms with Crippen LogP contribution in [0, 0.1) is 5.41 Å². The third-order valence-electron chi connectivity index (χ3n) is 3.77. The Kier molecular flexibility index (Phi) is 4.14. The van der Waals surface area contributed by atoms with Crippen molar-refractivity contribution in [3.63, 3.8) is 0 Å². The summed E-state index contributed by atoms with van der Waals surface area (Å²) in [5, 5.41) is 1.03. The lowest BCUT2D eigenvalue weighted by Gasteiger charge is -2.24. The molecule has 0 saturated heterocycles. The second-order valence-corrected chi connectivity index (χ2v) is 7.10. The van der Waals surface area contributed by atoms with Crippen molar-refractivity contribution in [2.45, 2.75) is 39.0 Å². The standard InChI is InChI=1S/C16H23BrO2/c1-15(2,3)13-9-12(18-4)5-6-14(13)19-11-16(10-17)7-8-16/h5-6,9H,7-8,10-11H2,1-4H3. The zero-order chi connectivity index (χ0) is 14.1. The van der Waals surface area contributed by atoms with Gasteiger partial charge in [-0.15, -0.1) is 0 Å². The van der Waals surface area contributed by atoms with Crippen LogP contribution in [0.25, 0.3) is 0 Å². The summed E-state index contributed by atoms with van der Waals surface area (Å²) >= 11 is 3.59. The largest absolute Gasteiger partial charge is 0.497 e. The van der Waals surface area contributed by atoms with E-state index in [-0.39, 0.29) is 5.41 Å². The molecule has 0 aliphatic heterocycles. The summed E-state index contributed by atoms with van der Waals surface area (Å²) in [6.07, 6.45) is 2.53. The van der Waals surface area contributed by atoms with Gasteiger partial charge in [0.25, 0.3) is 0 Å². The van der Waals surface area contributed by atoms with Crippen LogP contribution >= 0.6 is 15.9 Å². The van der Waals surface area contributed by atoms with Crippen molar-refractivity contribution in [1.29, 1.82) is 0 Å². The van der Waals surface area contributed by atoms with Crippen molar-refractivity contribution in [2.75, 3.05) is 19.0 Å². The third kappa shape index (κ3) is 3.44. The lowest BCUT2D eigenvalue weighted by atomic mass is 9.86. The maximum atomic E-state index is 6.10. The minimum absolute atomic E-state index is 0.0506. The number of alkyl halides is 1. The number of hydrogen-bond acceptors (Lipinski definition) is 2. The molecule has 1 aromatic rings. The van der Waals surface area contributed by atoms with Gasteiger partial charge >= 0.3 is 0 Å². The van der Waals surface area contributed by atoms with Crippen LogP contribution in [0.15, 0.2) is 18.2 Å². The molecule has 0 aromatic heterocycles. The van der Waals surface area contributed by atoms with E-state index in [0.29, 0.717) is 5.41 Å². The van der Waals surface area contributed by atoms with Crippen molar-refractivity contribution in [3.8, 4) is 11.5 Å². The van der Waals surface area contributed by atoms with Gasteiger partial charge in [-0.1, -0.05) is 36.7 Å². The lowest BCUT2D eigenvalue weighted by Crippen LogP contribution is -2.18. The number of halogens is 1. The number of benzene rings is 1. The van der Waals surface area contributed by atoms with Gasteiger partial charge in [0.15, 0.2) is 0 Å². The Bertz CT molecular complexity index is 445. The first-order valence-corrected chi connectivity index (χ1v) is 7.90. The van der Waals surface area contributed by atoms with E-state index in [9.17, 15) is 0 Å². The minimum atomic E-state index is 0.0506. The summed E-state index contributed by atoms with van der Waals surface area (Å²) in [4.78, 5) is 0. The molecule has 2 nitrogen and oxygen atoms in total. The van der Waals surface area contributed by atoms with E-state index in [1.807, 2.05) is 12.1 Å². The molecule has 0 amide bonds. The van der Waals surface area contributed by atoms with Gasteiger partial charge in [-0.2, -0.15) is 0 Å². The van der Waals surface area contributed by atoms with Crippen molar-refractivity contribution in [3.05, 3.63) is 23.8 Å². The Morgan fingerprint density at radius 1 is 1.26 bits per heavy atom. The molecule has 2 rings (SSSR count). The maximum absolute atomic E-state index is 6.10. The van der Waals surface area contributed by atoms with Crippen LogP contribution in [0.2, 0.25) is 0 Å². The number of hydrogen-bond donors (Lipinski definition) is 0. The number of methoxy groups -OCH3 is 1. The third-order valence-corrected chi connectivity index (χ3v) is 4.96. The van der Waals surface area contributed by atoms with Gasteiger partial charge < -0.3 is 9.47 Å². The van der Waals surface area contributed by atoms with E-state index >= 15 is 0 Å². The average Bonchev–Trinajstić information content (AvgIpc) is 3.16. The van der Waals surface area contributed by atoms with E-state index < -0.39 is 0 Å². The molecular formula is C16H23BrO2. The fourth-order valence-corrected chi connectivity index (χ4v) is 2.79. The molecule has 0 unspecified atom stereocenters. The first-order valence-electron chi connectivity index (χ1n) is 6.77. The summed E-state index contributed by atoms with van der Waals surface area (Å²) in [5.41, 5.74) is 1.63. The van der Waals surface area contributed by atoms with Crippen molar-refractivity contribution in [1.82, 2.24) is 0 Å². The van der Waals surface area contributed by atoms with E-state index in [1.54, 1.807) is 7.11 Å². The van der Waals surface area contributed by atoms with Crippen molar-refractivity contribution >= 4 is 15.9 Å². The van der Waals surface area contributed by atoms with Gasteiger partial charge in [0.2, 0.25) is 0 Å².